The Morgan fingerprint density at radius 3 is 2.62 bits per heavy atom. The van der Waals surface area contributed by atoms with Crippen LogP contribution in [0.1, 0.15) is 38.5 Å². The fraction of sp³-hybridized carbons (Fsp3) is 0.765. The van der Waals surface area contributed by atoms with Crippen molar-refractivity contribution < 1.29 is 0 Å². The number of hydrogen-bond donors (Lipinski definition) is 2. The van der Waals surface area contributed by atoms with Crippen LogP contribution in [0.4, 0.5) is 0 Å². The van der Waals surface area contributed by atoms with Gasteiger partial charge in [0.05, 0.1) is 0 Å². The van der Waals surface area contributed by atoms with Gasteiger partial charge in [-0.25, -0.2) is 4.98 Å². The van der Waals surface area contributed by atoms with E-state index in [9.17, 15) is 0 Å². The summed E-state index contributed by atoms with van der Waals surface area (Å²) in [6, 6.07) is 0. The molecular formula is C17H31N5S2. The summed E-state index contributed by atoms with van der Waals surface area (Å²) in [6.07, 6.45) is 9.71. The van der Waals surface area contributed by atoms with E-state index in [2.05, 4.69) is 25.5 Å². The number of thioether (sulfide) groups is 1. The Kier molecular flexibility index (Phi) is 10.2. The largest absolute Gasteiger partial charge is 0.356 e. The normalized spacial score (nSPS) is 16.8. The van der Waals surface area contributed by atoms with Gasteiger partial charge in [0.15, 0.2) is 5.96 Å². The number of nitrogens with one attached hydrogen (secondary N) is 2. The lowest BCUT2D eigenvalue weighted by molar-refractivity contribution is 0.282. The van der Waals surface area contributed by atoms with Crippen LogP contribution in [0.5, 0.6) is 0 Å². The number of rotatable bonds is 9. The van der Waals surface area contributed by atoms with Crippen molar-refractivity contribution >= 4 is 29.1 Å². The lowest BCUT2D eigenvalue weighted by Crippen LogP contribution is -2.39. The Morgan fingerprint density at radius 2 is 1.96 bits per heavy atom. The first kappa shape index (κ1) is 19.5. The van der Waals surface area contributed by atoms with Gasteiger partial charge in [-0.3, -0.25) is 4.99 Å². The highest BCUT2D eigenvalue weighted by molar-refractivity contribution is 8.00. The molecule has 1 aliphatic rings. The van der Waals surface area contributed by atoms with Gasteiger partial charge >= 0.3 is 0 Å². The molecule has 2 N–H and O–H groups in total. The Labute approximate surface area is 154 Å². The monoisotopic (exact) mass is 369 g/mol. The van der Waals surface area contributed by atoms with Gasteiger partial charge in [0.25, 0.3) is 0 Å². The maximum Gasteiger partial charge on any atom is 0.190 e. The van der Waals surface area contributed by atoms with Gasteiger partial charge in [-0.2, -0.15) is 0 Å². The van der Waals surface area contributed by atoms with Crippen molar-refractivity contribution in [2.45, 2.75) is 42.9 Å². The Bertz CT molecular complexity index is 442. The number of likely N-dealkylation sites (tertiary alicyclic amines) is 1. The van der Waals surface area contributed by atoms with E-state index < -0.39 is 0 Å². The Balaban J connectivity index is 1.47. The van der Waals surface area contributed by atoms with Gasteiger partial charge in [0, 0.05) is 37.5 Å². The molecule has 1 saturated heterocycles. The molecule has 2 heterocycles. The molecule has 0 amide bonds. The van der Waals surface area contributed by atoms with Crippen molar-refractivity contribution in [3.05, 3.63) is 11.6 Å². The highest BCUT2D eigenvalue weighted by atomic mass is 32.2. The lowest BCUT2D eigenvalue weighted by Gasteiger charge is -2.20. The molecule has 1 aliphatic heterocycles. The first-order valence-electron chi connectivity index (χ1n) is 9.07. The number of nitrogens with zero attached hydrogens (tertiary/aromatic N) is 3. The van der Waals surface area contributed by atoms with Crippen molar-refractivity contribution in [2.75, 3.05) is 45.5 Å². The predicted molar refractivity (Wildman–Crippen MR) is 106 cm³/mol. The molecule has 24 heavy (non-hydrogen) atoms. The van der Waals surface area contributed by atoms with E-state index in [-0.39, 0.29) is 0 Å². The number of aromatic nitrogens is 1. The smallest absolute Gasteiger partial charge is 0.190 e. The first-order chi connectivity index (χ1) is 11.9. The summed E-state index contributed by atoms with van der Waals surface area (Å²) in [4.78, 5) is 11.2. The molecule has 0 unspecified atom stereocenters. The molecular weight excluding hydrogens is 338 g/mol. The minimum absolute atomic E-state index is 0.921. The highest BCUT2D eigenvalue weighted by Gasteiger charge is 2.08. The van der Waals surface area contributed by atoms with Crippen molar-refractivity contribution in [1.29, 1.82) is 0 Å². The van der Waals surface area contributed by atoms with E-state index in [1.54, 1.807) is 11.3 Å². The summed E-state index contributed by atoms with van der Waals surface area (Å²) in [5.41, 5.74) is 0. The molecule has 5 nitrogen and oxygen atoms in total. The summed E-state index contributed by atoms with van der Waals surface area (Å²) >= 11 is 3.54. The van der Waals surface area contributed by atoms with Crippen molar-refractivity contribution in [2.24, 2.45) is 4.99 Å². The van der Waals surface area contributed by atoms with Crippen LogP contribution in [0.25, 0.3) is 0 Å². The van der Waals surface area contributed by atoms with Crippen LogP contribution in [0.2, 0.25) is 0 Å². The number of aliphatic imine (C=N–C) groups is 1. The highest BCUT2D eigenvalue weighted by Crippen LogP contribution is 2.20. The molecule has 1 aromatic rings. The molecule has 0 aromatic carbocycles. The van der Waals surface area contributed by atoms with Crippen LogP contribution in [0, 0.1) is 0 Å². The number of thiazole rings is 1. The molecule has 136 valence electrons. The predicted octanol–water partition coefficient (Wildman–Crippen LogP) is 3.06. The van der Waals surface area contributed by atoms with Crippen LogP contribution in [0.15, 0.2) is 20.9 Å². The summed E-state index contributed by atoms with van der Waals surface area (Å²) in [7, 11) is 1.84. The van der Waals surface area contributed by atoms with Crippen LogP contribution >= 0.6 is 23.1 Å². The molecule has 1 aromatic heterocycles. The molecule has 0 radical (unpaired) electrons. The van der Waals surface area contributed by atoms with E-state index in [4.69, 9.17) is 0 Å². The van der Waals surface area contributed by atoms with Crippen LogP contribution in [0.3, 0.4) is 0 Å². The molecule has 0 aliphatic carbocycles. The van der Waals surface area contributed by atoms with Gasteiger partial charge < -0.3 is 15.5 Å². The molecule has 7 heteroatoms. The molecule has 0 atom stereocenters. The van der Waals surface area contributed by atoms with Gasteiger partial charge in [0.1, 0.15) is 4.34 Å². The Hall–Kier alpha value is -0.790. The van der Waals surface area contributed by atoms with Crippen molar-refractivity contribution in [3.8, 4) is 0 Å². The third-order valence-electron chi connectivity index (χ3n) is 4.11. The quantitative estimate of drug-likeness (QED) is 0.303. The average molecular weight is 370 g/mol. The minimum Gasteiger partial charge on any atom is -0.356 e. The van der Waals surface area contributed by atoms with Crippen LogP contribution in [-0.4, -0.2) is 61.4 Å². The SMILES string of the molecule is CN=C(NCCCSc1nccs1)NCCCN1CCCCCC1. The van der Waals surface area contributed by atoms with E-state index in [1.165, 1.54) is 51.7 Å². The van der Waals surface area contributed by atoms with E-state index in [0.29, 0.717) is 0 Å². The second-order valence-electron chi connectivity index (χ2n) is 6.04. The maximum absolute atomic E-state index is 4.30. The average Bonchev–Trinajstić information content (AvgIpc) is 2.98. The molecule has 2 rings (SSSR count). The van der Waals surface area contributed by atoms with Crippen molar-refractivity contribution in [1.82, 2.24) is 20.5 Å². The van der Waals surface area contributed by atoms with Gasteiger partial charge in [-0.1, -0.05) is 24.6 Å². The summed E-state index contributed by atoms with van der Waals surface area (Å²) < 4.78 is 1.16. The molecule has 0 saturated carbocycles. The van der Waals surface area contributed by atoms with Crippen molar-refractivity contribution in [3.63, 3.8) is 0 Å². The number of guanidine groups is 1. The summed E-state index contributed by atoms with van der Waals surface area (Å²) in [6.45, 7) is 5.70. The zero-order valence-corrected chi connectivity index (χ0v) is 16.4. The first-order valence-corrected chi connectivity index (χ1v) is 10.9. The summed E-state index contributed by atoms with van der Waals surface area (Å²) in [5, 5.41) is 8.84. The molecule has 0 spiro atoms. The van der Waals surface area contributed by atoms with Gasteiger partial charge in [-0.15, -0.1) is 11.3 Å². The standard InChI is InChI=1S/C17H31N5S2/c1-18-16(20-9-7-14-23-17-21-10-15-24-17)19-8-6-13-22-11-4-2-3-5-12-22/h10,15H,2-9,11-14H2,1H3,(H2,18,19,20). The van der Waals surface area contributed by atoms with Crippen LogP contribution < -0.4 is 10.6 Å². The van der Waals surface area contributed by atoms with E-state index >= 15 is 0 Å². The third-order valence-corrected chi connectivity index (χ3v) is 6.17. The molecule has 0 bridgehead atoms. The fourth-order valence-corrected chi connectivity index (χ4v) is 4.46. The zero-order valence-electron chi connectivity index (χ0n) is 14.8. The van der Waals surface area contributed by atoms with E-state index in [1.807, 2.05) is 30.4 Å². The van der Waals surface area contributed by atoms with Gasteiger partial charge in [-0.05, 0) is 45.3 Å². The topological polar surface area (TPSA) is 52.6 Å². The fourth-order valence-electron chi connectivity index (χ4n) is 2.81. The van der Waals surface area contributed by atoms with Gasteiger partial charge in [0.2, 0.25) is 0 Å². The second-order valence-corrected chi connectivity index (χ2v) is 8.27. The Morgan fingerprint density at radius 1 is 1.21 bits per heavy atom. The van der Waals surface area contributed by atoms with E-state index in [0.717, 1.165) is 35.6 Å². The summed E-state index contributed by atoms with van der Waals surface area (Å²) in [5.74, 6) is 2.01. The molecule has 1 fully saturated rings. The number of hydrogen-bond acceptors (Lipinski definition) is 5. The second kappa shape index (κ2) is 12.6. The third kappa shape index (κ3) is 8.35. The minimum atomic E-state index is 0.921. The maximum atomic E-state index is 4.30. The zero-order chi connectivity index (χ0) is 16.9. The van der Waals surface area contributed by atoms with Crippen LogP contribution in [-0.2, 0) is 0 Å². The lowest BCUT2D eigenvalue weighted by atomic mass is 10.2.